The van der Waals surface area contributed by atoms with E-state index >= 15 is 0 Å². The van der Waals surface area contributed by atoms with Crippen LogP contribution in [0, 0.1) is 0 Å². The molecular weight excluding hydrogens is 258 g/mol. The number of H-pyrrole nitrogens is 1. The number of aromatic amines is 1. The van der Waals surface area contributed by atoms with E-state index in [1.807, 2.05) is 42.5 Å². The first-order valence-electron chi connectivity index (χ1n) is 7.49. The summed E-state index contributed by atoms with van der Waals surface area (Å²) >= 11 is 0. The average Bonchev–Trinajstić information content (AvgIpc) is 2.54. The molecule has 1 heterocycles. The molecule has 0 saturated heterocycles. The van der Waals surface area contributed by atoms with Crippen LogP contribution in [-0.4, -0.2) is 4.98 Å². The number of rotatable bonds is 4. The van der Waals surface area contributed by atoms with Gasteiger partial charge < -0.3 is 4.98 Å². The number of fused-ring (bicyclic) bond motifs is 1. The number of benzene rings is 2. The molecule has 0 spiro atoms. The Morgan fingerprint density at radius 3 is 2.57 bits per heavy atom. The Labute approximate surface area is 124 Å². The van der Waals surface area contributed by atoms with E-state index in [9.17, 15) is 4.79 Å². The lowest BCUT2D eigenvalue weighted by molar-refractivity contribution is 0.796. The van der Waals surface area contributed by atoms with Gasteiger partial charge >= 0.3 is 0 Å². The number of nitrogens with one attached hydrogen (secondary N) is 1. The molecule has 2 heteroatoms. The lowest BCUT2D eigenvalue weighted by atomic mass is 10.0. The molecule has 2 nitrogen and oxygen atoms in total. The molecule has 1 N–H and O–H groups in total. The molecule has 0 aliphatic heterocycles. The number of pyridine rings is 1. The molecular formula is C19H19NO. The van der Waals surface area contributed by atoms with E-state index in [0.717, 1.165) is 35.0 Å². The van der Waals surface area contributed by atoms with Gasteiger partial charge in [-0.25, -0.2) is 0 Å². The van der Waals surface area contributed by atoms with Gasteiger partial charge in [-0.2, -0.15) is 0 Å². The monoisotopic (exact) mass is 277 g/mol. The topological polar surface area (TPSA) is 32.9 Å². The first-order chi connectivity index (χ1) is 10.3. The van der Waals surface area contributed by atoms with Gasteiger partial charge in [0.2, 0.25) is 0 Å². The molecule has 3 aromatic rings. The third kappa shape index (κ3) is 2.89. The third-order valence-electron chi connectivity index (χ3n) is 3.80. The Morgan fingerprint density at radius 1 is 1.00 bits per heavy atom. The standard InChI is InChI=1S/C19H19NO/c1-2-3-7-14-10-11-17-16(12-14)19(21)13-18(20-17)15-8-5-4-6-9-15/h4-6,8-13H,2-3,7H2,1H3,(H,20,21). The zero-order chi connectivity index (χ0) is 14.7. The quantitative estimate of drug-likeness (QED) is 0.746. The Morgan fingerprint density at radius 2 is 1.81 bits per heavy atom. The summed E-state index contributed by atoms with van der Waals surface area (Å²) in [5, 5.41) is 0.781. The molecule has 1 aromatic heterocycles. The van der Waals surface area contributed by atoms with Gasteiger partial charge in [-0.3, -0.25) is 4.79 Å². The van der Waals surface area contributed by atoms with Crippen molar-refractivity contribution in [1.82, 2.24) is 4.98 Å². The van der Waals surface area contributed by atoms with Crippen molar-refractivity contribution >= 4 is 10.9 Å². The van der Waals surface area contributed by atoms with Crippen LogP contribution in [0.4, 0.5) is 0 Å². The van der Waals surface area contributed by atoms with Crippen molar-refractivity contribution < 1.29 is 0 Å². The molecule has 106 valence electrons. The maximum Gasteiger partial charge on any atom is 0.190 e. The van der Waals surface area contributed by atoms with Gasteiger partial charge in [-0.05, 0) is 36.1 Å². The fourth-order valence-corrected chi connectivity index (χ4v) is 2.60. The first-order valence-corrected chi connectivity index (χ1v) is 7.49. The summed E-state index contributed by atoms with van der Waals surface area (Å²) in [6.07, 6.45) is 3.36. The minimum absolute atomic E-state index is 0.0842. The molecule has 0 aliphatic carbocycles. The lowest BCUT2D eigenvalue weighted by Crippen LogP contribution is -2.03. The number of aryl methyl sites for hydroxylation is 1. The van der Waals surface area contributed by atoms with Crippen LogP contribution in [0.15, 0.2) is 59.4 Å². The van der Waals surface area contributed by atoms with Crippen LogP contribution in [0.3, 0.4) is 0 Å². The normalized spacial score (nSPS) is 10.9. The van der Waals surface area contributed by atoms with Crippen molar-refractivity contribution in [3.63, 3.8) is 0 Å². The van der Waals surface area contributed by atoms with Gasteiger partial charge in [0.25, 0.3) is 0 Å². The van der Waals surface area contributed by atoms with E-state index in [1.54, 1.807) is 6.07 Å². The Hall–Kier alpha value is -2.35. The van der Waals surface area contributed by atoms with Crippen LogP contribution >= 0.6 is 0 Å². The average molecular weight is 277 g/mol. The molecule has 0 atom stereocenters. The zero-order valence-corrected chi connectivity index (χ0v) is 12.2. The second kappa shape index (κ2) is 5.96. The highest BCUT2D eigenvalue weighted by Gasteiger charge is 2.05. The summed E-state index contributed by atoms with van der Waals surface area (Å²) in [6, 6.07) is 17.8. The van der Waals surface area contributed by atoms with E-state index in [-0.39, 0.29) is 5.43 Å². The number of hydrogen-bond donors (Lipinski definition) is 1. The molecule has 0 unspecified atom stereocenters. The second-order valence-electron chi connectivity index (χ2n) is 5.40. The SMILES string of the molecule is CCCCc1ccc2[nH]c(-c3ccccc3)cc(=O)c2c1. The lowest BCUT2D eigenvalue weighted by Gasteiger charge is -2.06. The predicted octanol–water partition coefficient (Wildman–Crippen LogP) is 4.54. The fourth-order valence-electron chi connectivity index (χ4n) is 2.60. The maximum absolute atomic E-state index is 12.4. The Balaban J connectivity index is 2.07. The van der Waals surface area contributed by atoms with Gasteiger partial charge in [-0.1, -0.05) is 49.7 Å². The smallest absolute Gasteiger partial charge is 0.190 e. The summed E-state index contributed by atoms with van der Waals surface area (Å²) in [6.45, 7) is 2.18. The molecule has 0 aliphatic rings. The van der Waals surface area contributed by atoms with Crippen LogP contribution < -0.4 is 5.43 Å². The molecule has 3 rings (SSSR count). The second-order valence-corrected chi connectivity index (χ2v) is 5.40. The summed E-state index contributed by atoms with van der Waals surface area (Å²) in [5.74, 6) is 0. The maximum atomic E-state index is 12.4. The minimum atomic E-state index is 0.0842. The van der Waals surface area contributed by atoms with Gasteiger partial charge in [0.05, 0.1) is 0 Å². The van der Waals surface area contributed by atoms with Gasteiger partial charge in [0.15, 0.2) is 5.43 Å². The van der Waals surface area contributed by atoms with Crippen molar-refractivity contribution in [3.8, 4) is 11.3 Å². The van der Waals surface area contributed by atoms with Crippen LogP contribution in [0.1, 0.15) is 25.3 Å². The Kier molecular flexibility index (Phi) is 3.87. The van der Waals surface area contributed by atoms with Gasteiger partial charge in [0.1, 0.15) is 0 Å². The molecule has 0 bridgehead atoms. The van der Waals surface area contributed by atoms with Crippen LogP contribution in [-0.2, 0) is 6.42 Å². The van der Waals surface area contributed by atoms with Crippen molar-refractivity contribution in [3.05, 3.63) is 70.4 Å². The van der Waals surface area contributed by atoms with E-state index < -0.39 is 0 Å². The molecule has 2 aromatic carbocycles. The molecule has 0 radical (unpaired) electrons. The largest absolute Gasteiger partial charge is 0.354 e. The zero-order valence-electron chi connectivity index (χ0n) is 12.2. The van der Waals surface area contributed by atoms with Crippen molar-refractivity contribution in [2.75, 3.05) is 0 Å². The van der Waals surface area contributed by atoms with E-state index in [1.165, 1.54) is 12.0 Å². The van der Waals surface area contributed by atoms with E-state index in [0.29, 0.717) is 0 Å². The Bertz CT molecular complexity index is 803. The van der Waals surface area contributed by atoms with Crippen molar-refractivity contribution in [2.24, 2.45) is 0 Å². The van der Waals surface area contributed by atoms with Crippen LogP contribution in [0.5, 0.6) is 0 Å². The first kappa shape index (κ1) is 13.6. The van der Waals surface area contributed by atoms with Gasteiger partial charge in [0, 0.05) is 22.7 Å². The van der Waals surface area contributed by atoms with E-state index in [2.05, 4.69) is 18.0 Å². The minimum Gasteiger partial charge on any atom is -0.354 e. The number of unbranched alkanes of at least 4 members (excludes halogenated alkanes) is 1. The fraction of sp³-hybridized carbons (Fsp3) is 0.211. The number of hydrogen-bond acceptors (Lipinski definition) is 1. The highest BCUT2D eigenvalue weighted by molar-refractivity contribution is 5.82. The van der Waals surface area contributed by atoms with Crippen LogP contribution in [0.25, 0.3) is 22.2 Å². The van der Waals surface area contributed by atoms with Crippen LogP contribution in [0.2, 0.25) is 0 Å². The summed E-state index contributed by atoms with van der Waals surface area (Å²) in [7, 11) is 0. The molecule has 0 amide bonds. The molecule has 0 saturated carbocycles. The summed E-state index contributed by atoms with van der Waals surface area (Å²) in [4.78, 5) is 15.7. The summed E-state index contributed by atoms with van der Waals surface area (Å²) < 4.78 is 0. The van der Waals surface area contributed by atoms with Gasteiger partial charge in [-0.15, -0.1) is 0 Å². The van der Waals surface area contributed by atoms with E-state index in [4.69, 9.17) is 0 Å². The van der Waals surface area contributed by atoms with Crippen molar-refractivity contribution in [1.29, 1.82) is 0 Å². The highest BCUT2D eigenvalue weighted by Crippen LogP contribution is 2.19. The van der Waals surface area contributed by atoms with Crippen molar-refractivity contribution in [2.45, 2.75) is 26.2 Å². The summed E-state index contributed by atoms with van der Waals surface area (Å²) in [5.41, 5.74) is 4.13. The predicted molar refractivity (Wildman–Crippen MR) is 88.6 cm³/mol. The third-order valence-corrected chi connectivity index (χ3v) is 3.80. The molecule has 21 heavy (non-hydrogen) atoms. The highest BCUT2D eigenvalue weighted by atomic mass is 16.1. The number of aromatic nitrogens is 1. The molecule has 0 fully saturated rings.